The van der Waals surface area contributed by atoms with E-state index in [0.29, 0.717) is 5.69 Å². The quantitative estimate of drug-likeness (QED) is 0.836. The maximum absolute atomic E-state index is 13.0. The molecule has 3 nitrogen and oxygen atoms in total. The Morgan fingerprint density at radius 3 is 2.87 bits per heavy atom. The van der Waals surface area contributed by atoms with Crippen LogP contribution in [0.3, 0.4) is 0 Å². The summed E-state index contributed by atoms with van der Waals surface area (Å²) in [7, 11) is 0. The molecule has 0 spiro atoms. The van der Waals surface area contributed by atoms with Crippen molar-refractivity contribution in [3.05, 3.63) is 29.0 Å². The Morgan fingerprint density at radius 2 is 2.33 bits per heavy atom. The summed E-state index contributed by atoms with van der Waals surface area (Å²) >= 11 is 5.49. The molecule has 1 rings (SSSR count). The molecule has 5 heteroatoms. The third-order valence-corrected chi connectivity index (χ3v) is 2.02. The number of carbonyl (C=O) groups is 1. The molecule has 0 saturated carbocycles. The van der Waals surface area contributed by atoms with Gasteiger partial charge in [-0.1, -0.05) is 11.6 Å². The highest BCUT2D eigenvalue weighted by molar-refractivity contribution is 6.30. The Morgan fingerprint density at radius 1 is 1.67 bits per heavy atom. The molecule has 0 aliphatic carbocycles. The second-order valence-electron chi connectivity index (χ2n) is 3.36. The summed E-state index contributed by atoms with van der Waals surface area (Å²) in [5.41, 5.74) is 5.82. The topological polar surface area (TPSA) is 55.1 Å². The number of carbonyl (C=O) groups excluding carboxylic acids is 1. The lowest BCUT2D eigenvalue weighted by Gasteiger charge is -2.07. The van der Waals surface area contributed by atoms with Crippen molar-refractivity contribution in [2.75, 3.05) is 5.32 Å². The molecule has 15 heavy (non-hydrogen) atoms. The molecule has 0 aliphatic heterocycles. The van der Waals surface area contributed by atoms with Crippen molar-refractivity contribution < 1.29 is 9.18 Å². The minimum absolute atomic E-state index is 0.0280. The number of rotatable bonds is 3. The maximum Gasteiger partial charge on any atom is 0.225 e. The van der Waals surface area contributed by atoms with E-state index in [4.69, 9.17) is 17.3 Å². The number of nitrogens with two attached hydrogens (primary N) is 1. The number of hydrogen-bond acceptors (Lipinski definition) is 2. The van der Waals surface area contributed by atoms with Gasteiger partial charge < -0.3 is 11.1 Å². The number of hydrogen-bond donors (Lipinski definition) is 2. The molecule has 1 atom stereocenters. The van der Waals surface area contributed by atoms with Crippen LogP contribution in [-0.4, -0.2) is 11.9 Å². The van der Waals surface area contributed by atoms with Crippen LogP contribution >= 0.6 is 11.6 Å². The molecule has 1 amide bonds. The van der Waals surface area contributed by atoms with Gasteiger partial charge in [-0.05, 0) is 25.1 Å². The summed E-state index contributed by atoms with van der Waals surface area (Å²) in [5.74, 6) is -0.804. The standard InChI is InChI=1S/C10H12ClFN2O/c1-6(13)4-10(15)14-7-2-3-8(11)9(12)5-7/h2-3,5-6H,4,13H2,1H3,(H,14,15). The first kappa shape index (κ1) is 11.9. The number of amides is 1. The lowest BCUT2D eigenvalue weighted by molar-refractivity contribution is -0.116. The molecule has 82 valence electrons. The smallest absolute Gasteiger partial charge is 0.225 e. The molecular weight excluding hydrogens is 219 g/mol. The van der Waals surface area contributed by atoms with Gasteiger partial charge in [0, 0.05) is 18.2 Å². The SMILES string of the molecule is CC(N)CC(=O)Nc1ccc(Cl)c(F)c1. The van der Waals surface area contributed by atoms with Crippen molar-refractivity contribution in [3.63, 3.8) is 0 Å². The van der Waals surface area contributed by atoms with Crippen LogP contribution < -0.4 is 11.1 Å². The van der Waals surface area contributed by atoms with Crippen LogP contribution in [0.5, 0.6) is 0 Å². The van der Waals surface area contributed by atoms with E-state index in [1.807, 2.05) is 0 Å². The van der Waals surface area contributed by atoms with Crippen LogP contribution in [-0.2, 0) is 4.79 Å². The number of anilines is 1. The third kappa shape index (κ3) is 3.85. The molecule has 0 aliphatic rings. The lowest BCUT2D eigenvalue weighted by Crippen LogP contribution is -2.23. The summed E-state index contributed by atoms with van der Waals surface area (Å²) in [6.45, 7) is 1.72. The zero-order valence-corrected chi connectivity index (χ0v) is 9.01. The first-order chi connectivity index (χ1) is 6.99. The van der Waals surface area contributed by atoms with Crippen LogP contribution in [0.4, 0.5) is 10.1 Å². The zero-order valence-electron chi connectivity index (χ0n) is 8.26. The summed E-state index contributed by atoms with van der Waals surface area (Å²) in [6.07, 6.45) is 0.199. The third-order valence-electron chi connectivity index (χ3n) is 1.71. The average molecular weight is 231 g/mol. The van der Waals surface area contributed by atoms with Crippen molar-refractivity contribution in [1.82, 2.24) is 0 Å². The fourth-order valence-corrected chi connectivity index (χ4v) is 1.20. The molecule has 0 aromatic heterocycles. The van der Waals surface area contributed by atoms with Crippen molar-refractivity contribution >= 4 is 23.2 Å². The highest BCUT2D eigenvalue weighted by Gasteiger charge is 2.07. The maximum atomic E-state index is 13.0. The Labute approximate surface area is 92.4 Å². The van der Waals surface area contributed by atoms with Gasteiger partial charge in [-0.15, -0.1) is 0 Å². The van der Waals surface area contributed by atoms with Crippen LogP contribution in [0.1, 0.15) is 13.3 Å². The Bertz CT molecular complexity index is 368. The summed E-state index contributed by atoms with van der Waals surface area (Å²) in [4.78, 5) is 11.3. The fourth-order valence-electron chi connectivity index (χ4n) is 1.08. The normalized spacial score (nSPS) is 12.3. The van der Waals surface area contributed by atoms with Crippen LogP contribution in [0.15, 0.2) is 18.2 Å². The summed E-state index contributed by atoms with van der Waals surface area (Å²) in [5, 5.41) is 2.55. The number of nitrogens with one attached hydrogen (secondary N) is 1. The first-order valence-corrected chi connectivity index (χ1v) is 4.87. The Balaban J connectivity index is 2.65. The van der Waals surface area contributed by atoms with Crippen molar-refractivity contribution in [1.29, 1.82) is 0 Å². The predicted molar refractivity (Wildman–Crippen MR) is 58.3 cm³/mol. The van der Waals surface area contributed by atoms with E-state index < -0.39 is 5.82 Å². The van der Waals surface area contributed by atoms with Gasteiger partial charge in [0.1, 0.15) is 5.82 Å². The van der Waals surface area contributed by atoms with Crippen molar-refractivity contribution in [2.24, 2.45) is 5.73 Å². The molecule has 0 radical (unpaired) electrons. The molecule has 1 aromatic rings. The molecule has 3 N–H and O–H groups in total. The van der Waals surface area contributed by atoms with Gasteiger partial charge >= 0.3 is 0 Å². The van der Waals surface area contributed by atoms with Crippen molar-refractivity contribution in [3.8, 4) is 0 Å². The summed E-state index contributed by atoms with van der Waals surface area (Å²) < 4.78 is 13.0. The largest absolute Gasteiger partial charge is 0.327 e. The van der Waals surface area contributed by atoms with Gasteiger partial charge in [-0.2, -0.15) is 0 Å². The average Bonchev–Trinajstić information content (AvgIpc) is 2.10. The monoisotopic (exact) mass is 230 g/mol. The second kappa shape index (κ2) is 5.09. The van der Waals surface area contributed by atoms with Crippen molar-refractivity contribution in [2.45, 2.75) is 19.4 Å². The second-order valence-corrected chi connectivity index (χ2v) is 3.77. The zero-order chi connectivity index (χ0) is 11.4. The van der Waals surface area contributed by atoms with Gasteiger partial charge in [-0.3, -0.25) is 4.79 Å². The van der Waals surface area contributed by atoms with Gasteiger partial charge in [0.15, 0.2) is 0 Å². The molecule has 0 bridgehead atoms. The van der Waals surface area contributed by atoms with Crippen LogP contribution in [0.25, 0.3) is 0 Å². The fraction of sp³-hybridized carbons (Fsp3) is 0.300. The lowest BCUT2D eigenvalue weighted by atomic mass is 10.2. The molecular formula is C10H12ClFN2O. The number of halogens is 2. The number of benzene rings is 1. The highest BCUT2D eigenvalue weighted by Crippen LogP contribution is 2.18. The van der Waals surface area contributed by atoms with Gasteiger partial charge in [0.05, 0.1) is 5.02 Å². The predicted octanol–water partition coefficient (Wildman–Crippen LogP) is 2.15. The molecule has 0 heterocycles. The molecule has 0 fully saturated rings. The van der Waals surface area contributed by atoms with Gasteiger partial charge in [0.25, 0.3) is 0 Å². The molecule has 0 saturated heterocycles. The summed E-state index contributed by atoms with van der Waals surface area (Å²) in [6, 6.07) is 3.87. The van der Waals surface area contributed by atoms with E-state index in [1.54, 1.807) is 6.92 Å². The van der Waals surface area contributed by atoms with Crippen LogP contribution in [0.2, 0.25) is 5.02 Å². The van der Waals surface area contributed by atoms with Gasteiger partial charge in [0.2, 0.25) is 5.91 Å². The minimum atomic E-state index is -0.560. The van der Waals surface area contributed by atoms with E-state index in [9.17, 15) is 9.18 Å². The minimum Gasteiger partial charge on any atom is -0.327 e. The Kier molecular flexibility index (Phi) is 4.05. The van der Waals surface area contributed by atoms with E-state index in [2.05, 4.69) is 5.32 Å². The first-order valence-electron chi connectivity index (χ1n) is 4.49. The van der Waals surface area contributed by atoms with Crippen LogP contribution in [0, 0.1) is 5.82 Å². The Hall–Kier alpha value is -1.13. The van der Waals surface area contributed by atoms with E-state index in [0.717, 1.165) is 0 Å². The molecule has 1 aromatic carbocycles. The van der Waals surface area contributed by atoms with E-state index in [1.165, 1.54) is 18.2 Å². The highest BCUT2D eigenvalue weighted by atomic mass is 35.5. The molecule has 1 unspecified atom stereocenters. The van der Waals surface area contributed by atoms with E-state index in [-0.39, 0.29) is 23.4 Å². The van der Waals surface area contributed by atoms with Gasteiger partial charge in [-0.25, -0.2) is 4.39 Å². The van der Waals surface area contributed by atoms with E-state index >= 15 is 0 Å².